The van der Waals surface area contributed by atoms with Crippen LogP contribution in [0.1, 0.15) is 35.1 Å². The van der Waals surface area contributed by atoms with E-state index >= 15 is 0 Å². The van der Waals surface area contributed by atoms with Crippen LogP contribution in [0.3, 0.4) is 0 Å². The summed E-state index contributed by atoms with van der Waals surface area (Å²) >= 11 is 0. The van der Waals surface area contributed by atoms with Crippen LogP contribution in [0.25, 0.3) is 0 Å². The summed E-state index contributed by atoms with van der Waals surface area (Å²) in [6.07, 6.45) is 0. The zero-order valence-electron chi connectivity index (χ0n) is 9.28. The molecule has 0 bridgehead atoms. The Morgan fingerprint density at radius 1 is 0.600 bits per heavy atom. The fourth-order valence-electron chi connectivity index (χ4n) is 0.385. The van der Waals surface area contributed by atoms with Crippen molar-refractivity contribution in [2.24, 2.45) is 0 Å². The van der Waals surface area contributed by atoms with Crippen molar-refractivity contribution in [2.75, 3.05) is 0 Å². The lowest BCUT2D eigenvalue weighted by Gasteiger charge is -1.69. The molecule has 86 valence electrons. The molecule has 1 aromatic rings. The van der Waals surface area contributed by atoms with Crippen LogP contribution in [0.4, 0.5) is 0 Å². The molecule has 0 atom stereocenters. The minimum Gasteiger partial charge on any atom is -0.300 e. The zero-order chi connectivity index (χ0) is 11.4. The average Bonchev–Trinajstić information content (AvgIpc) is 2.05. The summed E-state index contributed by atoms with van der Waals surface area (Å²) in [6, 6.07) is 12.0. The first-order chi connectivity index (χ1) is 6.46. The second-order valence-electron chi connectivity index (χ2n) is 2.97. The van der Waals surface area contributed by atoms with Crippen LogP contribution in [0.2, 0.25) is 0 Å². The largest absolute Gasteiger partial charge is 0.300 e. The third-order valence-electron chi connectivity index (χ3n) is 0.667. The number of ketones is 2. The standard InChI is InChI=1S/C6H6.2C3H6O.CH4/c1-2-4-6-5-3-1;2*1-3(2)4;/h1-6H;2*1-2H3;1H4. The molecule has 0 spiro atoms. The van der Waals surface area contributed by atoms with Gasteiger partial charge < -0.3 is 9.59 Å². The fraction of sp³-hybridized carbons (Fsp3) is 0.385. The number of Topliss-reactive ketones (excluding diaryl/α,β-unsaturated/α-hetero) is 2. The molecular weight excluding hydrogens is 188 g/mol. The van der Waals surface area contributed by atoms with E-state index in [0.29, 0.717) is 0 Å². The molecule has 0 unspecified atom stereocenters. The molecule has 0 N–H and O–H groups in total. The third kappa shape index (κ3) is 67.4. The van der Waals surface area contributed by atoms with Gasteiger partial charge in [0.25, 0.3) is 0 Å². The van der Waals surface area contributed by atoms with E-state index in [1.807, 2.05) is 36.4 Å². The van der Waals surface area contributed by atoms with Crippen LogP contribution < -0.4 is 0 Å². The first-order valence-electron chi connectivity index (χ1n) is 4.41. The van der Waals surface area contributed by atoms with Crippen LogP contribution >= 0.6 is 0 Å². The summed E-state index contributed by atoms with van der Waals surface area (Å²) in [5.41, 5.74) is 0. The van der Waals surface area contributed by atoms with Crippen molar-refractivity contribution in [3.05, 3.63) is 36.4 Å². The Kier molecular flexibility index (Phi) is 19.2. The van der Waals surface area contributed by atoms with Gasteiger partial charge >= 0.3 is 0 Å². The summed E-state index contributed by atoms with van der Waals surface area (Å²) < 4.78 is 0. The summed E-state index contributed by atoms with van der Waals surface area (Å²) in [7, 11) is 0. The van der Waals surface area contributed by atoms with E-state index in [2.05, 4.69) is 0 Å². The Bertz CT molecular complexity index is 193. The van der Waals surface area contributed by atoms with E-state index in [9.17, 15) is 9.59 Å². The average molecular weight is 210 g/mol. The molecule has 1 aromatic carbocycles. The lowest BCUT2D eigenvalue weighted by Crippen LogP contribution is -1.69. The van der Waals surface area contributed by atoms with Gasteiger partial charge in [-0.15, -0.1) is 0 Å². The number of carbonyl (C=O) groups is 2. The minimum atomic E-state index is 0. The molecule has 0 aliphatic heterocycles. The zero-order valence-corrected chi connectivity index (χ0v) is 9.28. The number of hydrogen-bond donors (Lipinski definition) is 0. The molecule has 0 aliphatic carbocycles. The highest BCUT2D eigenvalue weighted by Crippen LogP contribution is 1.79. The van der Waals surface area contributed by atoms with Crippen LogP contribution in [0.15, 0.2) is 36.4 Å². The van der Waals surface area contributed by atoms with Crippen molar-refractivity contribution in [3.63, 3.8) is 0 Å². The highest BCUT2D eigenvalue weighted by molar-refractivity contribution is 5.72. The van der Waals surface area contributed by atoms with Gasteiger partial charge in [0, 0.05) is 0 Å². The molecule has 1 rings (SSSR count). The van der Waals surface area contributed by atoms with Crippen LogP contribution in [-0.2, 0) is 9.59 Å². The van der Waals surface area contributed by atoms with Gasteiger partial charge in [-0.2, -0.15) is 0 Å². The molecule has 0 fully saturated rings. The Hall–Kier alpha value is -1.44. The van der Waals surface area contributed by atoms with Gasteiger partial charge in [-0.05, 0) is 27.7 Å². The van der Waals surface area contributed by atoms with E-state index in [1.165, 1.54) is 27.7 Å². The number of benzene rings is 1. The number of carbonyl (C=O) groups excluding carboxylic acids is 2. The fourth-order valence-corrected chi connectivity index (χ4v) is 0.385. The SMILES string of the molecule is C.CC(C)=O.CC(C)=O.c1ccccc1. The van der Waals surface area contributed by atoms with Crippen molar-refractivity contribution in [2.45, 2.75) is 35.1 Å². The predicted molar refractivity (Wildman–Crippen MR) is 65.9 cm³/mol. The molecule has 0 aromatic heterocycles. The van der Waals surface area contributed by atoms with Gasteiger partial charge in [0.2, 0.25) is 0 Å². The molecule has 2 nitrogen and oxygen atoms in total. The Labute approximate surface area is 93.3 Å². The van der Waals surface area contributed by atoms with Crippen molar-refractivity contribution in [3.8, 4) is 0 Å². The van der Waals surface area contributed by atoms with Crippen LogP contribution in [0, 0.1) is 0 Å². The predicted octanol–water partition coefficient (Wildman–Crippen LogP) is 3.51. The summed E-state index contributed by atoms with van der Waals surface area (Å²) in [4.78, 5) is 18.9. The topological polar surface area (TPSA) is 34.1 Å². The van der Waals surface area contributed by atoms with E-state index < -0.39 is 0 Å². The highest BCUT2D eigenvalue weighted by atomic mass is 16.1. The molecule has 2 heteroatoms. The van der Waals surface area contributed by atoms with Crippen molar-refractivity contribution in [1.29, 1.82) is 0 Å². The summed E-state index contributed by atoms with van der Waals surface area (Å²) in [6.45, 7) is 6.11. The maximum Gasteiger partial charge on any atom is 0.126 e. The summed E-state index contributed by atoms with van der Waals surface area (Å²) in [5.74, 6) is 0.333. The third-order valence-corrected chi connectivity index (χ3v) is 0.667. The first kappa shape index (κ1) is 19.2. The minimum absolute atomic E-state index is 0. The van der Waals surface area contributed by atoms with Gasteiger partial charge in [0.15, 0.2) is 0 Å². The lowest BCUT2D eigenvalue weighted by atomic mass is 10.4. The van der Waals surface area contributed by atoms with Crippen molar-refractivity contribution in [1.82, 2.24) is 0 Å². The Morgan fingerprint density at radius 3 is 0.733 bits per heavy atom. The normalized spacial score (nSPS) is 6.67. The molecule has 0 heterocycles. The highest BCUT2D eigenvalue weighted by Gasteiger charge is 1.62. The maximum atomic E-state index is 9.44. The van der Waals surface area contributed by atoms with E-state index in [0.717, 1.165) is 0 Å². The van der Waals surface area contributed by atoms with Gasteiger partial charge in [0.05, 0.1) is 0 Å². The number of rotatable bonds is 0. The quantitative estimate of drug-likeness (QED) is 0.656. The van der Waals surface area contributed by atoms with Gasteiger partial charge in [-0.1, -0.05) is 43.8 Å². The van der Waals surface area contributed by atoms with Gasteiger partial charge in [0.1, 0.15) is 11.6 Å². The smallest absolute Gasteiger partial charge is 0.126 e. The van der Waals surface area contributed by atoms with E-state index in [1.54, 1.807) is 0 Å². The second-order valence-corrected chi connectivity index (χ2v) is 2.97. The van der Waals surface area contributed by atoms with Crippen LogP contribution in [0.5, 0.6) is 0 Å². The second kappa shape index (κ2) is 15.1. The number of hydrogen-bond acceptors (Lipinski definition) is 2. The molecule has 0 amide bonds. The van der Waals surface area contributed by atoms with Crippen molar-refractivity contribution < 1.29 is 9.59 Å². The Balaban J connectivity index is -0.000000145. The molecule has 0 saturated heterocycles. The van der Waals surface area contributed by atoms with E-state index in [4.69, 9.17) is 0 Å². The monoisotopic (exact) mass is 210 g/mol. The van der Waals surface area contributed by atoms with Crippen molar-refractivity contribution >= 4 is 11.6 Å². The maximum absolute atomic E-state index is 9.44. The molecule has 15 heavy (non-hydrogen) atoms. The molecule has 0 aliphatic rings. The van der Waals surface area contributed by atoms with E-state index in [-0.39, 0.29) is 19.0 Å². The Morgan fingerprint density at radius 2 is 0.667 bits per heavy atom. The molecular formula is C13H22O2. The van der Waals surface area contributed by atoms with Gasteiger partial charge in [-0.25, -0.2) is 0 Å². The summed E-state index contributed by atoms with van der Waals surface area (Å²) in [5, 5.41) is 0. The molecule has 0 saturated carbocycles. The van der Waals surface area contributed by atoms with Gasteiger partial charge in [-0.3, -0.25) is 0 Å². The van der Waals surface area contributed by atoms with Crippen LogP contribution in [-0.4, -0.2) is 11.6 Å². The first-order valence-corrected chi connectivity index (χ1v) is 4.41. The lowest BCUT2D eigenvalue weighted by molar-refractivity contribution is -0.115. The molecule has 0 radical (unpaired) electrons.